The molecule has 0 radical (unpaired) electrons. The molecule has 2 rings (SSSR count). The zero-order valence-electron chi connectivity index (χ0n) is 10.7. The lowest BCUT2D eigenvalue weighted by atomic mass is 10.2. The van der Waals surface area contributed by atoms with E-state index in [9.17, 15) is 18.0 Å². The van der Waals surface area contributed by atoms with Crippen LogP contribution in [-0.2, 0) is 6.54 Å². The Balaban J connectivity index is 1.97. The van der Waals surface area contributed by atoms with Crippen LogP contribution >= 0.6 is 0 Å². The van der Waals surface area contributed by atoms with Gasteiger partial charge in [-0.3, -0.25) is 9.78 Å². The van der Waals surface area contributed by atoms with Crippen molar-refractivity contribution in [2.24, 2.45) is 0 Å². The van der Waals surface area contributed by atoms with E-state index in [0.29, 0.717) is 11.1 Å². The van der Waals surface area contributed by atoms with Crippen molar-refractivity contribution in [1.82, 2.24) is 10.3 Å². The largest absolute Gasteiger partial charge is 0.573 e. The van der Waals surface area contributed by atoms with Gasteiger partial charge in [-0.05, 0) is 29.8 Å². The number of carbonyl (C=O) groups excluding carboxylic acids is 1. The van der Waals surface area contributed by atoms with Gasteiger partial charge in [0.1, 0.15) is 5.75 Å². The summed E-state index contributed by atoms with van der Waals surface area (Å²) in [6.45, 7) is 0.0935. The quantitative estimate of drug-likeness (QED) is 0.943. The van der Waals surface area contributed by atoms with Crippen LogP contribution in [0.15, 0.2) is 48.8 Å². The summed E-state index contributed by atoms with van der Waals surface area (Å²) in [6.07, 6.45) is -1.78. The highest BCUT2D eigenvalue weighted by atomic mass is 19.4. The zero-order valence-corrected chi connectivity index (χ0v) is 10.7. The van der Waals surface area contributed by atoms with Crippen LogP contribution in [0.5, 0.6) is 5.75 Å². The summed E-state index contributed by atoms with van der Waals surface area (Å²) in [5.41, 5.74) is 0.923. The fraction of sp³-hybridized carbons (Fsp3) is 0.143. The first-order valence-electron chi connectivity index (χ1n) is 5.97. The molecule has 0 bridgehead atoms. The highest BCUT2D eigenvalue weighted by Gasteiger charge is 2.31. The van der Waals surface area contributed by atoms with Crippen LogP contribution in [-0.4, -0.2) is 17.3 Å². The van der Waals surface area contributed by atoms with E-state index < -0.39 is 6.36 Å². The summed E-state index contributed by atoms with van der Waals surface area (Å²) >= 11 is 0. The fourth-order valence-corrected chi connectivity index (χ4v) is 1.64. The van der Waals surface area contributed by atoms with Crippen molar-refractivity contribution in [2.75, 3.05) is 0 Å². The summed E-state index contributed by atoms with van der Waals surface area (Å²) in [7, 11) is 0. The lowest BCUT2D eigenvalue weighted by Crippen LogP contribution is -2.23. The third kappa shape index (κ3) is 4.79. The minimum Gasteiger partial charge on any atom is -0.406 e. The summed E-state index contributed by atoms with van der Waals surface area (Å²) < 4.78 is 40.1. The number of aromatic nitrogens is 1. The van der Waals surface area contributed by atoms with Gasteiger partial charge in [0, 0.05) is 24.5 Å². The number of halogens is 3. The second kappa shape index (κ2) is 6.25. The van der Waals surface area contributed by atoms with E-state index in [1.54, 1.807) is 18.2 Å². The standard InChI is InChI=1S/C14H11F3N2O2/c15-14(16,17)21-12-3-1-2-10(8-12)9-19-13(20)11-4-6-18-7-5-11/h1-8H,9H2,(H,19,20). The molecule has 0 aliphatic rings. The molecule has 4 nitrogen and oxygen atoms in total. The second-order valence-corrected chi connectivity index (χ2v) is 4.11. The molecule has 2 aromatic rings. The van der Waals surface area contributed by atoms with Crippen LogP contribution in [0.4, 0.5) is 13.2 Å². The zero-order chi connectivity index (χ0) is 15.3. The Labute approximate surface area is 118 Å². The number of amides is 1. The molecule has 7 heteroatoms. The number of benzene rings is 1. The maximum Gasteiger partial charge on any atom is 0.573 e. The molecule has 1 heterocycles. The van der Waals surface area contributed by atoms with Crippen LogP contribution in [0, 0.1) is 0 Å². The van der Waals surface area contributed by atoms with Crippen molar-refractivity contribution in [3.8, 4) is 5.75 Å². The number of carbonyl (C=O) groups is 1. The lowest BCUT2D eigenvalue weighted by molar-refractivity contribution is -0.274. The van der Waals surface area contributed by atoms with Gasteiger partial charge in [0.05, 0.1) is 0 Å². The van der Waals surface area contributed by atoms with Crippen molar-refractivity contribution < 1.29 is 22.7 Å². The predicted molar refractivity (Wildman–Crippen MR) is 68.5 cm³/mol. The molecular weight excluding hydrogens is 285 g/mol. The minimum atomic E-state index is -4.74. The molecule has 0 saturated heterocycles. The molecule has 1 aromatic carbocycles. The molecule has 1 amide bonds. The van der Waals surface area contributed by atoms with Gasteiger partial charge < -0.3 is 10.1 Å². The Hall–Kier alpha value is -2.57. The summed E-state index contributed by atoms with van der Waals surface area (Å²) in [4.78, 5) is 15.6. The van der Waals surface area contributed by atoms with Gasteiger partial charge in [0.25, 0.3) is 5.91 Å². The SMILES string of the molecule is O=C(NCc1cccc(OC(F)(F)F)c1)c1ccncc1. The van der Waals surface area contributed by atoms with Gasteiger partial charge in [0.2, 0.25) is 0 Å². The second-order valence-electron chi connectivity index (χ2n) is 4.11. The number of alkyl halides is 3. The van der Waals surface area contributed by atoms with Gasteiger partial charge in [-0.2, -0.15) is 0 Å². The first-order valence-corrected chi connectivity index (χ1v) is 5.97. The summed E-state index contributed by atoms with van der Waals surface area (Å²) in [5, 5.41) is 2.60. The van der Waals surface area contributed by atoms with Gasteiger partial charge in [-0.25, -0.2) is 0 Å². The Bertz CT molecular complexity index is 615. The molecule has 0 spiro atoms. The van der Waals surface area contributed by atoms with Crippen LogP contribution < -0.4 is 10.1 Å². The van der Waals surface area contributed by atoms with Gasteiger partial charge in [0.15, 0.2) is 0 Å². The van der Waals surface area contributed by atoms with E-state index in [0.717, 1.165) is 0 Å². The highest BCUT2D eigenvalue weighted by molar-refractivity contribution is 5.93. The van der Waals surface area contributed by atoms with Gasteiger partial charge >= 0.3 is 6.36 Å². The summed E-state index contributed by atoms with van der Waals surface area (Å²) in [5.74, 6) is -0.655. The van der Waals surface area contributed by atoms with Crippen LogP contribution in [0.2, 0.25) is 0 Å². The molecule has 21 heavy (non-hydrogen) atoms. The van der Waals surface area contributed by atoms with Crippen molar-refractivity contribution in [2.45, 2.75) is 12.9 Å². The van der Waals surface area contributed by atoms with Crippen LogP contribution in [0.1, 0.15) is 15.9 Å². The minimum absolute atomic E-state index is 0.0935. The van der Waals surface area contributed by atoms with Crippen molar-refractivity contribution in [3.63, 3.8) is 0 Å². The topological polar surface area (TPSA) is 51.2 Å². The molecule has 0 aliphatic heterocycles. The number of nitrogens with one attached hydrogen (secondary N) is 1. The highest BCUT2D eigenvalue weighted by Crippen LogP contribution is 2.23. The van der Waals surface area contributed by atoms with Crippen molar-refractivity contribution in [1.29, 1.82) is 0 Å². The molecule has 110 valence electrons. The van der Waals surface area contributed by atoms with E-state index in [4.69, 9.17) is 0 Å². The molecular formula is C14H11F3N2O2. The van der Waals surface area contributed by atoms with Gasteiger partial charge in [-0.15, -0.1) is 13.2 Å². The molecule has 0 fully saturated rings. The first-order chi connectivity index (χ1) is 9.94. The number of ether oxygens (including phenoxy) is 1. The smallest absolute Gasteiger partial charge is 0.406 e. The average molecular weight is 296 g/mol. The molecule has 0 aliphatic carbocycles. The Morgan fingerprint density at radius 1 is 1.19 bits per heavy atom. The maximum atomic E-state index is 12.1. The van der Waals surface area contributed by atoms with E-state index >= 15 is 0 Å². The first kappa shape index (κ1) is 14.8. The number of pyridine rings is 1. The third-order valence-corrected chi connectivity index (χ3v) is 2.53. The number of hydrogen-bond donors (Lipinski definition) is 1. The molecule has 1 N–H and O–H groups in total. The Morgan fingerprint density at radius 2 is 1.90 bits per heavy atom. The van der Waals surface area contributed by atoms with Crippen molar-refractivity contribution in [3.05, 3.63) is 59.9 Å². The van der Waals surface area contributed by atoms with Crippen LogP contribution in [0.25, 0.3) is 0 Å². The normalized spacial score (nSPS) is 11.0. The molecule has 0 unspecified atom stereocenters. The van der Waals surface area contributed by atoms with E-state index in [1.807, 2.05) is 0 Å². The van der Waals surface area contributed by atoms with E-state index in [1.165, 1.54) is 30.6 Å². The fourth-order valence-electron chi connectivity index (χ4n) is 1.64. The molecule has 1 aromatic heterocycles. The maximum absolute atomic E-state index is 12.1. The van der Waals surface area contributed by atoms with Gasteiger partial charge in [-0.1, -0.05) is 12.1 Å². The van der Waals surface area contributed by atoms with E-state index in [-0.39, 0.29) is 18.2 Å². The number of hydrogen-bond acceptors (Lipinski definition) is 3. The predicted octanol–water partition coefficient (Wildman–Crippen LogP) is 2.91. The monoisotopic (exact) mass is 296 g/mol. The Kier molecular flexibility index (Phi) is 4.42. The number of nitrogens with zero attached hydrogens (tertiary/aromatic N) is 1. The third-order valence-electron chi connectivity index (χ3n) is 2.53. The molecule has 0 saturated carbocycles. The van der Waals surface area contributed by atoms with Crippen molar-refractivity contribution >= 4 is 5.91 Å². The summed E-state index contributed by atoms with van der Waals surface area (Å²) in [6, 6.07) is 8.52. The average Bonchev–Trinajstić information content (AvgIpc) is 2.44. The Morgan fingerprint density at radius 3 is 2.57 bits per heavy atom. The molecule has 0 atom stereocenters. The van der Waals surface area contributed by atoms with Crippen LogP contribution in [0.3, 0.4) is 0 Å². The number of rotatable bonds is 4. The van der Waals surface area contributed by atoms with E-state index in [2.05, 4.69) is 15.0 Å². The lowest BCUT2D eigenvalue weighted by Gasteiger charge is -2.10.